The predicted octanol–water partition coefficient (Wildman–Crippen LogP) is 8.52. The van der Waals surface area contributed by atoms with Gasteiger partial charge in [0.2, 0.25) is 0 Å². The molecule has 4 rings (SSSR count). The average Bonchev–Trinajstić information content (AvgIpc) is 3.33. The summed E-state index contributed by atoms with van der Waals surface area (Å²) in [5.41, 5.74) is 4.10. The molecule has 0 aliphatic heterocycles. The van der Waals surface area contributed by atoms with Gasteiger partial charge in [-0.2, -0.15) is 0 Å². The van der Waals surface area contributed by atoms with E-state index in [0.717, 1.165) is 21.3 Å². The fourth-order valence-corrected chi connectivity index (χ4v) is 4.60. The first-order valence-electron chi connectivity index (χ1n) is 10.5. The molecule has 0 spiro atoms. The largest absolute Gasteiger partial charge is 0.256 e. The van der Waals surface area contributed by atoms with E-state index >= 15 is 4.39 Å². The number of hydrogen-bond donors (Lipinski definition) is 0. The first kappa shape index (κ1) is 22.1. The summed E-state index contributed by atoms with van der Waals surface area (Å²) in [4.78, 5) is 4.70. The van der Waals surface area contributed by atoms with Gasteiger partial charge in [0.05, 0.1) is 5.69 Å². The minimum atomic E-state index is -1.34. The van der Waals surface area contributed by atoms with Gasteiger partial charge in [0.25, 0.3) is 0 Å². The van der Waals surface area contributed by atoms with Gasteiger partial charge in [-0.05, 0) is 79.3 Å². The van der Waals surface area contributed by atoms with Crippen molar-refractivity contribution in [1.29, 1.82) is 0 Å². The van der Waals surface area contributed by atoms with Crippen LogP contribution in [0.25, 0.3) is 11.3 Å². The number of nitrogens with zero attached hydrogens (tertiary/aromatic N) is 1. The molecule has 1 aromatic heterocycles. The second-order valence-electron chi connectivity index (χ2n) is 7.15. The van der Waals surface area contributed by atoms with Gasteiger partial charge < -0.3 is 0 Å². The van der Waals surface area contributed by atoms with E-state index in [4.69, 9.17) is 4.98 Å². The standard InChI is InChI=1S/C20H21BrFN.2C2H6/c1-3-20(2,22)18-7-6-14(21)9-16(18)19-10-15-12-4-5-13(8-12)17(15)11-23-19;2*1-2/h6-7,9-13H,3-5,8H2,1-2H3;2*1-2H3. The van der Waals surface area contributed by atoms with Crippen molar-refractivity contribution < 1.29 is 4.39 Å². The molecule has 2 aromatic rings. The topological polar surface area (TPSA) is 12.9 Å². The Morgan fingerprint density at radius 1 is 1.07 bits per heavy atom. The van der Waals surface area contributed by atoms with Crippen LogP contribution in [0.2, 0.25) is 0 Å². The van der Waals surface area contributed by atoms with Gasteiger partial charge in [-0.1, -0.05) is 56.6 Å². The second kappa shape index (κ2) is 9.32. The second-order valence-corrected chi connectivity index (χ2v) is 8.06. The number of benzene rings is 1. The van der Waals surface area contributed by atoms with E-state index in [1.807, 2.05) is 59.0 Å². The van der Waals surface area contributed by atoms with Gasteiger partial charge >= 0.3 is 0 Å². The molecule has 0 radical (unpaired) electrons. The minimum absolute atomic E-state index is 0.456. The molecule has 3 unspecified atom stereocenters. The van der Waals surface area contributed by atoms with E-state index < -0.39 is 5.67 Å². The molecular weight excluding hydrogens is 401 g/mol. The molecule has 2 aliphatic rings. The van der Waals surface area contributed by atoms with Crippen LogP contribution in [0, 0.1) is 0 Å². The summed E-state index contributed by atoms with van der Waals surface area (Å²) in [5.74, 6) is 1.40. The molecule has 148 valence electrons. The Labute approximate surface area is 172 Å². The van der Waals surface area contributed by atoms with Gasteiger partial charge in [-0.25, -0.2) is 4.39 Å². The van der Waals surface area contributed by atoms with Crippen LogP contribution in [0.3, 0.4) is 0 Å². The monoisotopic (exact) mass is 433 g/mol. The third kappa shape index (κ3) is 4.29. The zero-order valence-electron chi connectivity index (χ0n) is 17.6. The van der Waals surface area contributed by atoms with Crippen molar-refractivity contribution in [1.82, 2.24) is 4.98 Å². The number of fused-ring (bicyclic) bond motifs is 5. The maximum absolute atomic E-state index is 15.0. The van der Waals surface area contributed by atoms with Crippen molar-refractivity contribution >= 4 is 15.9 Å². The molecule has 3 heteroatoms. The Kier molecular flexibility index (Phi) is 7.62. The molecule has 1 saturated carbocycles. The Bertz CT molecular complexity index is 769. The minimum Gasteiger partial charge on any atom is -0.256 e. The zero-order chi connectivity index (χ0) is 20.2. The predicted molar refractivity (Wildman–Crippen MR) is 118 cm³/mol. The van der Waals surface area contributed by atoms with Gasteiger partial charge in [-0.3, -0.25) is 4.98 Å². The molecular formula is C24H33BrFN. The first-order valence-corrected chi connectivity index (χ1v) is 11.3. The number of aromatic nitrogens is 1. The number of hydrogen-bond acceptors (Lipinski definition) is 1. The molecule has 0 saturated heterocycles. The quantitative estimate of drug-likeness (QED) is 0.472. The third-order valence-electron chi connectivity index (χ3n) is 5.76. The van der Waals surface area contributed by atoms with Crippen molar-refractivity contribution in [2.75, 3.05) is 0 Å². The molecule has 2 bridgehead atoms. The van der Waals surface area contributed by atoms with Crippen molar-refractivity contribution in [2.24, 2.45) is 0 Å². The Morgan fingerprint density at radius 3 is 2.33 bits per heavy atom. The van der Waals surface area contributed by atoms with Gasteiger partial charge in [-0.15, -0.1) is 0 Å². The Hall–Kier alpha value is -1.22. The van der Waals surface area contributed by atoms with Crippen molar-refractivity contribution in [3.63, 3.8) is 0 Å². The van der Waals surface area contributed by atoms with Crippen molar-refractivity contribution in [3.05, 3.63) is 51.6 Å². The van der Waals surface area contributed by atoms with Gasteiger partial charge in [0.1, 0.15) is 5.67 Å². The van der Waals surface area contributed by atoms with Crippen LogP contribution in [0.4, 0.5) is 4.39 Å². The summed E-state index contributed by atoms with van der Waals surface area (Å²) in [6, 6.07) is 8.03. The smallest absolute Gasteiger partial charge is 0.133 e. The molecule has 1 heterocycles. The summed E-state index contributed by atoms with van der Waals surface area (Å²) in [5, 5.41) is 0. The maximum Gasteiger partial charge on any atom is 0.133 e. The molecule has 27 heavy (non-hydrogen) atoms. The van der Waals surface area contributed by atoms with Crippen LogP contribution < -0.4 is 0 Å². The lowest BCUT2D eigenvalue weighted by molar-refractivity contribution is 0.186. The van der Waals surface area contributed by atoms with Crippen molar-refractivity contribution in [3.8, 4) is 11.3 Å². The summed E-state index contributed by atoms with van der Waals surface area (Å²) in [6.45, 7) is 11.6. The van der Waals surface area contributed by atoms with Crippen molar-refractivity contribution in [2.45, 2.75) is 84.7 Å². The van der Waals surface area contributed by atoms with Crippen LogP contribution in [-0.4, -0.2) is 4.98 Å². The van der Waals surface area contributed by atoms with E-state index in [2.05, 4.69) is 22.0 Å². The molecule has 1 aromatic carbocycles. The molecule has 0 N–H and O–H groups in total. The van der Waals surface area contributed by atoms with Crippen LogP contribution in [-0.2, 0) is 5.67 Å². The first-order chi connectivity index (χ1) is 13.0. The maximum atomic E-state index is 15.0. The Balaban J connectivity index is 0.000000614. The van der Waals surface area contributed by atoms with E-state index in [1.54, 1.807) is 6.92 Å². The summed E-state index contributed by atoms with van der Waals surface area (Å²) >= 11 is 3.53. The van der Waals surface area contributed by atoms with E-state index in [1.165, 1.54) is 30.4 Å². The molecule has 2 aliphatic carbocycles. The molecule has 1 fully saturated rings. The summed E-state index contributed by atoms with van der Waals surface area (Å²) in [6.07, 6.45) is 6.38. The highest BCUT2D eigenvalue weighted by atomic mass is 79.9. The van der Waals surface area contributed by atoms with Gasteiger partial charge in [0, 0.05) is 16.2 Å². The van der Waals surface area contributed by atoms with E-state index in [9.17, 15) is 0 Å². The van der Waals surface area contributed by atoms with Crippen LogP contribution in [0.5, 0.6) is 0 Å². The molecule has 0 amide bonds. The van der Waals surface area contributed by atoms with E-state index in [0.29, 0.717) is 18.3 Å². The highest BCUT2D eigenvalue weighted by molar-refractivity contribution is 9.10. The van der Waals surface area contributed by atoms with Crippen LogP contribution in [0.15, 0.2) is 34.9 Å². The van der Waals surface area contributed by atoms with Crippen LogP contribution in [0.1, 0.15) is 95.8 Å². The van der Waals surface area contributed by atoms with Crippen LogP contribution >= 0.6 is 15.9 Å². The normalized spacial score (nSPS) is 21.3. The highest BCUT2D eigenvalue weighted by Gasteiger charge is 2.37. The average molecular weight is 434 g/mol. The number of halogens is 2. The number of rotatable bonds is 3. The fourth-order valence-electron chi connectivity index (χ4n) is 4.24. The highest BCUT2D eigenvalue weighted by Crippen LogP contribution is 2.53. The number of alkyl halides is 1. The lowest BCUT2D eigenvalue weighted by Crippen LogP contribution is -2.15. The lowest BCUT2D eigenvalue weighted by atomic mass is 9.87. The van der Waals surface area contributed by atoms with Gasteiger partial charge in [0.15, 0.2) is 0 Å². The summed E-state index contributed by atoms with van der Waals surface area (Å²) in [7, 11) is 0. The zero-order valence-corrected chi connectivity index (χ0v) is 19.2. The fraction of sp³-hybridized carbons (Fsp3) is 0.542. The lowest BCUT2D eigenvalue weighted by Gasteiger charge is -2.23. The number of pyridine rings is 1. The van der Waals surface area contributed by atoms with E-state index in [-0.39, 0.29) is 0 Å². The third-order valence-corrected chi connectivity index (χ3v) is 6.26. The SMILES string of the molecule is CC.CC.CCC(C)(F)c1ccc(Br)cc1-c1cc2c(cn1)C1CCC2C1. The molecule has 1 nitrogen and oxygen atoms in total. The molecule has 3 atom stereocenters. The summed E-state index contributed by atoms with van der Waals surface area (Å²) < 4.78 is 16.0. The Morgan fingerprint density at radius 2 is 1.70 bits per heavy atom.